The first-order valence-corrected chi connectivity index (χ1v) is 11.8. The average Bonchev–Trinajstić information content (AvgIpc) is 2.72. The Labute approximate surface area is 178 Å². The molecular formula is C25H42O4. The molecule has 0 aliphatic carbocycles. The van der Waals surface area contributed by atoms with E-state index in [4.69, 9.17) is 9.47 Å². The first kappa shape index (κ1) is 25.3. The van der Waals surface area contributed by atoms with Crippen molar-refractivity contribution < 1.29 is 19.4 Å². The lowest BCUT2D eigenvalue weighted by molar-refractivity contribution is 0.0696. The molecule has 1 N–H and O–H groups in total. The maximum atomic E-state index is 11.3. The minimum Gasteiger partial charge on any atom is -0.490 e. The molecule has 0 atom stereocenters. The molecule has 0 spiro atoms. The lowest BCUT2D eigenvalue weighted by atomic mass is 10.1. The molecule has 0 radical (unpaired) electrons. The van der Waals surface area contributed by atoms with Gasteiger partial charge in [-0.05, 0) is 31.0 Å². The molecule has 0 heterocycles. The van der Waals surface area contributed by atoms with Gasteiger partial charge in [0, 0.05) is 0 Å². The van der Waals surface area contributed by atoms with Gasteiger partial charge in [0.2, 0.25) is 0 Å². The second-order valence-electron chi connectivity index (χ2n) is 7.91. The van der Waals surface area contributed by atoms with E-state index >= 15 is 0 Å². The SMILES string of the molecule is CCCCCCCCCOc1ccc(C(=O)O)cc1OCCCCCCCCC. The summed E-state index contributed by atoms with van der Waals surface area (Å²) in [5, 5.41) is 9.25. The standard InChI is InChI=1S/C25H42O4/c1-3-5-7-9-11-13-15-19-28-23-18-17-22(25(26)27)21-24(23)29-20-16-14-12-10-8-6-4-2/h17-18,21H,3-16,19-20H2,1-2H3,(H,26,27). The van der Waals surface area contributed by atoms with Crippen LogP contribution in [-0.2, 0) is 0 Å². The maximum Gasteiger partial charge on any atom is 0.335 e. The summed E-state index contributed by atoms with van der Waals surface area (Å²) in [6.07, 6.45) is 17.2. The van der Waals surface area contributed by atoms with Crippen molar-refractivity contribution in [2.24, 2.45) is 0 Å². The third-order valence-electron chi connectivity index (χ3n) is 5.20. The van der Waals surface area contributed by atoms with Gasteiger partial charge in [0.25, 0.3) is 0 Å². The minimum absolute atomic E-state index is 0.239. The molecule has 1 rings (SSSR count). The normalized spacial score (nSPS) is 10.8. The number of carbonyl (C=O) groups is 1. The lowest BCUT2D eigenvalue weighted by Gasteiger charge is -2.13. The summed E-state index contributed by atoms with van der Waals surface area (Å²) in [6.45, 7) is 5.71. The zero-order chi connectivity index (χ0) is 21.2. The molecule has 0 aliphatic heterocycles. The highest BCUT2D eigenvalue weighted by Crippen LogP contribution is 2.29. The molecule has 29 heavy (non-hydrogen) atoms. The molecule has 0 unspecified atom stereocenters. The molecule has 0 saturated carbocycles. The number of unbranched alkanes of at least 4 members (excludes halogenated alkanes) is 12. The maximum absolute atomic E-state index is 11.3. The molecule has 0 amide bonds. The predicted molar refractivity (Wildman–Crippen MR) is 120 cm³/mol. The van der Waals surface area contributed by atoms with Crippen LogP contribution in [0.1, 0.15) is 114 Å². The summed E-state index contributed by atoms with van der Waals surface area (Å²) >= 11 is 0. The summed E-state index contributed by atoms with van der Waals surface area (Å²) in [6, 6.07) is 4.90. The van der Waals surface area contributed by atoms with Gasteiger partial charge in [-0.25, -0.2) is 4.79 Å². The molecule has 1 aromatic rings. The van der Waals surface area contributed by atoms with Crippen LogP contribution in [0.5, 0.6) is 11.5 Å². The molecule has 166 valence electrons. The zero-order valence-corrected chi connectivity index (χ0v) is 18.7. The van der Waals surface area contributed by atoms with Gasteiger partial charge in [0.15, 0.2) is 11.5 Å². The van der Waals surface area contributed by atoms with E-state index in [0.717, 1.165) is 19.3 Å². The molecule has 4 heteroatoms. The van der Waals surface area contributed by atoms with Gasteiger partial charge in [0.05, 0.1) is 18.8 Å². The van der Waals surface area contributed by atoms with Crippen molar-refractivity contribution in [2.45, 2.75) is 104 Å². The first-order valence-electron chi connectivity index (χ1n) is 11.8. The zero-order valence-electron chi connectivity index (χ0n) is 18.7. The summed E-state index contributed by atoms with van der Waals surface area (Å²) in [7, 11) is 0. The molecule has 4 nitrogen and oxygen atoms in total. The fourth-order valence-corrected chi connectivity index (χ4v) is 3.36. The van der Waals surface area contributed by atoms with Crippen molar-refractivity contribution in [1.82, 2.24) is 0 Å². The summed E-state index contributed by atoms with van der Waals surface area (Å²) in [4.78, 5) is 11.3. The number of carboxylic acids is 1. The third kappa shape index (κ3) is 12.5. The number of rotatable bonds is 19. The van der Waals surface area contributed by atoms with Gasteiger partial charge in [-0.3, -0.25) is 0 Å². The van der Waals surface area contributed by atoms with Crippen LogP contribution in [0.15, 0.2) is 18.2 Å². The Balaban J connectivity index is 2.36. The lowest BCUT2D eigenvalue weighted by Crippen LogP contribution is -2.05. The Morgan fingerprint density at radius 3 is 1.62 bits per heavy atom. The van der Waals surface area contributed by atoms with Crippen LogP contribution in [0, 0.1) is 0 Å². The first-order chi connectivity index (χ1) is 14.2. The highest BCUT2D eigenvalue weighted by molar-refractivity contribution is 5.88. The van der Waals surface area contributed by atoms with E-state index in [0.29, 0.717) is 24.7 Å². The van der Waals surface area contributed by atoms with Crippen LogP contribution in [0.4, 0.5) is 0 Å². The van der Waals surface area contributed by atoms with Gasteiger partial charge >= 0.3 is 5.97 Å². The van der Waals surface area contributed by atoms with Crippen molar-refractivity contribution in [2.75, 3.05) is 13.2 Å². The van der Waals surface area contributed by atoms with Crippen LogP contribution >= 0.6 is 0 Å². The van der Waals surface area contributed by atoms with E-state index < -0.39 is 5.97 Å². The number of ether oxygens (including phenoxy) is 2. The summed E-state index contributed by atoms with van der Waals surface area (Å²) in [5.41, 5.74) is 0.239. The number of carboxylic acid groups (broad SMARTS) is 1. The predicted octanol–water partition coefficient (Wildman–Crippen LogP) is 7.64. The van der Waals surface area contributed by atoms with Gasteiger partial charge < -0.3 is 14.6 Å². The van der Waals surface area contributed by atoms with Crippen LogP contribution in [0.2, 0.25) is 0 Å². The van der Waals surface area contributed by atoms with Crippen molar-refractivity contribution >= 4 is 5.97 Å². The van der Waals surface area contributed by atoms with Gasteiger partial charge in [-0.1, -0.05) is 90.9 Å². The highest BCUT2D eigenvalue weighted by Gasteiger charge is 2.11. The molecule has 0 fully saturated rings. The van der Waals surface area contributed by atoms with Crippen LogP contribution in [0.25, 0.3) is 0 Å². The molecule has 0 bridgehead atoms. The van der Waals surface area contributed by atoms with Gasteiger partial charge in [-0.15, -0.1) is 0 Å². The van der Waals surface area contributed by atoms with Gasteiger partial charge in [-0.2, -0.15) is 0 Å². The van der Waals surface area contributed by atoms with E-state index in [9.17, 15) is 9.90 Å². The van der Waals surface area contributed by atoms with E-state index in [1.165, 1.54) is 70.6 Å². The number of hydrogen-bond donors (Lipinski definition) is 1. The largest absolute Gasteiger partial charge is 0.490 e. The van der Waals surface area contributed by atoms with Crippen LogP contribution in [0.3, 0.4) is 0 Å². The van der Waals surface area contributed by atoms with Crippen molar-refractivity contribution in [1.29, 1.82) is 0 Å². The van der Waals surface area contributed by atoms with Crippen molar-refractivity contribution in [3.05, 3.63) is 23.8 Å². The van der Waals surface area contributed by atoms with Gasteiger partial charge in [0.1, 0.15) is 0 Å². The summed E-state index contributed by atoms with van der Waals surface area (Å²) < 4.78 is 11.8. The second-order valence-corrected chi connectivity index (χ2v) is 7.91. The Morgan fingerprint density at radius 1 is 0.690 bits per heavy atom. The number of aromatic carboxylic acids is 1. The fourth-order valence-electron chi connectivity index (χ4n) is 3.36. The van der Waals surface area contributed by atoms with Crippen LogP contribution < -0.4 is 9.47 Å². The molecule has 0 saturated heterocycles. The minimum atomic E-state index is -0.940. The van der Waals surface area contributed by atoms with Crippen molar-refractivity contribution in [3.63, 3.8) is 0 Å². The number of benzene rings is 1. The topological polar surface area (TPSA) is 55.8 Å². The smallest absolute Gasteiger partial charge is 0.335 e. The molecule has 0 aromatic heterocycles. The van der Waals surface area contributed by atoms with E-state index in [1.54, 1.807) is 18.2 Å². The average molecular weight is 407 g/mol. The molecule has 0 aliphatic rings. The second kappa shape index (κ2) is 17.2. The molecule has 1 aromatic carbocycles. The summed E-state index contributed by atoms with van der Waals surface area (Å²) in [5.74, 6) is 0.271. The third-order valence-corrected chi connectivity index (χ3v) is 5.20. The Bertz CT molecular complexity index is 542. The fraction of sp³-hybridized carbons (Fsp3) is 0.720. The monoisotopic (exact) mass is 406 g/mol. The Morgan fingerprint density at radius 2 is 1.14 bits per heavy atom. The Kier molecular flexibility index (Phi) is 15.0. The van der Waals surface area contributed by atoms with E-state index in [-0.39, 0.29) is 5.56 Å². The molecular weight excluding hydrogens is 364 g/mol. The number of hydrogen-bond acceptors (Lipinski definition) is 3. The van der Waals surface area contributed by atoms with Crippen molar-refractivity contribution in [3.8, 4) is 11.5 Å². The van der Waals surface area contributed by atoms with Crippen LogP contribution in [-0.4, -0.2) is 24.3 Å². The van der Waals surface area contributed by atoms with E-state index in [1.807, 2.05) is 0 Å². The quantitative estimate of drug-likeness (QED) is 0.240. The van der Waals surface area contributed by atoms with E-state index in [2.05, 4.69) is 13.8 Å². The Hall–Kier alpha value is -1.71. The highest BCUT2D eigenvalue weighted by atomic mass is 16.5.